The van der Waals surface area contributed by atoms with Gasteiger partial charge in [-0.3, -0.25) is 4.79 Å². The average molecular weight is 595 g/mol. The van der Waals surface area contributed by atoms with Gasteiger partial charge in [-0.1, -0.05) is 62.2 Å². The van der Waals surface area contributed by atoms with Crippen LogP contribution < -0.4 is 0 Å². The maximum atomic E-state index is 14.6. The molecule has 0 aliphatic rings. The van der Waals surface area contributed by atoms with E-state index in [0.717, 1.165) is 28.2 Å². The van der Waals surface area contributed by atoms with Gasteiger partial charge >= 0.3 is 18.0 Å². The Morgan fingerprint density at radius 1 is 0.833 bits per heavy atom. The molecule has 42 heavy (non-hydrogen) atoms. The zero-order chi connectivity index (χ0) is 31.5. The van der Waals surface area contributed by atoms with Gasteiger partial charge < -0.3 is 9.84 Å². The minimum Gasteiger partial charge on any atom is -0.463 e. The van der Waals surface area contributed by atoms with Crippen LogP contribution in [-0.2, 0) is 21.6 Å². The third-order valence-corrected chi connectivity index (χ3v) is 7.63. The molecule has 0 amide bonds. The van der Waals surface area contributed by atoms with Crippen molar-refractivity contribution in [3.63, 3.8) is 0 Å². The van der Waals surface area contributed by atoms with Crippen LogP contribution in [0.15, 0.2) is 54.6 Å². The van der Waals surface area contributed by atoms with Crippen molar-refractivity contribution in [2.75, 3.05) is 0 Å². The number of halogens is 7. The van der Waals surface area contributed by atoms with E-state index in [0.29, 0.717) is 24.0 Å². The molecule has 0 aliphatic heterocycles. The molecular formula is C32H29F7O3. The Hall–Kier alpha value is -3.84. The Balaban J connectivity index is 2.02. The van der Waals surface area contributed by atoms with Crippen LogP contribution in [0.3, 0.4) is 0 Å². The van der Waals surface area contributed by atoms with Crippen molar-refractivity contribution in [3.8, 4) is 23.0 Å². The number of aryl methyl sites for hydroxylation is 2. The van der Waals surface area contributed by atoms with Crippen LogP contribution >= 0.6 is 0 Å². The molecule has 0 aromatic heterocycles. The van der Waals surface area contributed by atoms with E-state index in [4.69, 9.17) is 0 Å². The predicted octanol–water partition coefficient (Wildman–Crippen LogP) is 8.10. The normalized spacial score (nSPS) is 12.5. The molecule has 1 N–H and O–H groups in total. The SMILES string of the molecule is CCC(CC)(c1ccc(C#CC(O)(C(F)(F)F)C(F)(F)F)c(C)c1)c1ccc(-c2ccc(COC=O)c(F)c2)c(C)c1. The van der Waals surface area contributed by atoms with Crippen LogP contribution in [0.1, 0.15) is 60.1 Å². The van der Waals surface area contributed by atoms with Gasteiger partial charge in [-0.05, 0) is 78.1 Å². The van der Waals surface area contributed by atoms with Gasteiger partial charge in [-0.25, -0.2) is 4.39 Å². The van der Waals surface area contributed by atoms with E-state index in [9.17, 15) is 40.6 Å². The van der Waals surface area contributed by atoms with Crippen molar-refractivity contribution < 1.29 is 45.4 Å². The van der Waals surface area contributed by atoms with Crippen molar-refractivity contribution in [2.24, 2.45) is 0 Å². The predicted molar refractivity (Wildman–Crippen MR) is 144 cm³/mol. The molecule has 0 saturated carbocycles. The molecule has 0 saturated heterocycles. The second-order valence-electron chi connectivity index (χ2n) is 10.0. The second kappa shape index (κ2) is 12.2. The van der Waals surface area contributed by atoms with Crippen molar-refractivity contribution in [3.05, 3.63) is 93.8 Å². The summed E-state index contributed by atoms with van der Waals surface area (Å²) < 4.78 is 97.5. The lowest BCUT2D eigenvalue weighted by atomic mass is 9.69. The highest BCUT2D eigenvalue weighted by molar-refractivity contribution is 5.68. The van der Waals surface area contributed by atoms with Crippen molar-refractivity contribution in [1.82, 2.24) is 0 Å². The number of carbonyl (C=O) groups is 1. The van der Waals surface area contributed by atoms with Crippen LogP contribution in [0.5, 0.6) is 0 Å². The van der Waals surface area contributed by atoms with Crippen LogP contribution in [0.4, 0.5) is 30.7 Å². The summed E-state index contributed by atoms with van der Waals surface area (Å²) in [6.45, 7) is 7.40. The summed E-state index contributed by atoms with van der Waals surface area (Å²) in [6.07, 6.45) is -10.8. The van der Waals surface area contributed by atoms with Gasteiger partial charge in [0.05, 0.1) is 0 Å². The number of carbonyl (C=O) groups excluding carboxylic acids is 1. The Labute approximate surface area is 239 Å². The molecular weight excluding hydrogens is 565 g/mol. The van der Waals surface area contributed by atoms with Gasteiger partial charge in [0.1, 0.15) is 12.4 Å². The average Bonchev–Trinajstić information content (AvgIpc) is 2.91. The van der Waals surface area contributed by atoms with Crippen LogP contribution in [0.2, 0.25) is 0 Å². The van der Waals surface area contributed by atoms with Crippen molar-refractivity contribution in [1.29, 1.82) is 0 Å². The van der Waals surface area contributed by atoms with Gasteiger partial charge in [-0.15, -0.1) is 0 Å². The molecule has 3 nitrogen and oxygen atoms in total. The third kappa shape index (κ3) is 6.16. The van der Waals surface area contributed by atoms with Gasteiger partial charge in [0.2, 0.25) is 0 Å². The van der Waals surface area contributed by atoms with Crippen LogP contribution in [-0.4, -0.2) is 29.5 Å². The number of rotatable bonds is 8. The van der Waals surface area contributed by atoms with Crippen LogP contribution in [0.25, 0.3) is 11.1 Å². The lowest BCUT2D eigenvalue weighted by Crippen LogP contribution is -2.55. The fourth-order valence-electron chi connectivity index (χ4n) is 5.04. The minimum atomic E-state index is -6.03. The highest BCUT2D eigenvalue weighted by Gasteiger charge is 2.70. The first-order valence-electron chi connectivity index (χ1n) is 13.0. The summed E-state index contributed by atoms with van der Waals surface area (Å²) in [5, 5.41) is 9.38. The van der Waals surface area contributed by atoms with Gasteiger partial charge in [0, 0.05) is 16.5 Å². The fraction of sp³-hybridized carbons (Fsp3) is 0.344. The first-order chi connectivity index (χ1) is 19.5. The van der Waals surface area contributed by atoms with Gasteiger partial charge in [0.25, 0.3) is 6.47 Å². The molecule has 0 atom stereocenters. The molecule has 0 unspecified atom stereocenters. The largest absolute Gasteiger partial charge is 0.463 e. The van der Waals surface area contributed by atoms with Crippen LogP contribution in [0, 0.1) is 31.5 Å². The quantitative estimate of drug-likeness (QED) is 0.163. The molecule has 0 radical (unpaired) electrons. The number of aliphatic hydroxyl groups is 1. The smallest absolute Gasteiger partial charge is 0.438 e. The molecule has 0 heterocycles. The highest BCUT2D eigenvalue weighted by atomic mass is 19.4. The monoisotopic (exact) mass is 594 g/mol. The van der Waals surface area contributed by atoms with E-state index in [2.05, 4.69) is 4.74 Å². The summed E-state index contributed by atoms with van der Waals surface area (Å²) in [5.74, 6) is 2.37. The standard InChI is InChI=1S/C32H29F7O3/c1-5-29(6-2,25-10-9-22(20(3)15-25)13-14-30(41,31(34,35)36)32(37,38)39)26-11-12-27(21(4)16-26)23-7-8-24(18-42-19-40)28(33)17-23/h7-12,15-17,19,41H,5-6,18H2,1-4H3. The Kier molecular flexibility index (Phi) is 9.47. The van der Waals surface area contributed by atoms with Gasteiger partial charge in [0.15, 0.2) is 0 Å². The summed E-state index contributed by atoms with van der Waals surface area (Å²) in [7, 11) is 0. The van der Waals surface area contributed by atoms with Gasteiger partial charge in [-0.2, -0.15) is 26.3 Å². The fourth-order valence-corrected chi connectivity index (χ4v) is 5.04. The first-order valence-corrected chi connectivity index (χ1v) is 13.0. The van der Waals surface area contributed by atoms with E-state index in [-0.39, 0.29) is 24.2 Å². The first kappa shape index (κ1) is 32.7. The highest BCUT2D eigenvalue weighted by Crippen LogP contribution is 2.43. The zero-order valence-electron chi connectivity index (χ0n) is 23.3. The number of hydrogen-bond donors (Lipinski definition) is 1. The topological polar surface area (TPSA) is 46.5 Å². The summed E-state index contributed by atoms with van der Waals surface area (Å²) in [5.41, 5.74) is -1.24. The third-order valence-electron chi connectivity index (χ3n) is 7.63. The maximum absolute atomic E-state index is 14.6. The summed E-state index contributed by atoms with van der Waals surface area (Å²) >= 11 is 0. The molecule has 0 spiro atoms. The van der Waals surface area contributed by atoms with E-state index in [1.807, 2.05) is 44.9 Å². The van der Waals surface area contributed by atoms with Crippen molar-refractivity contribution >= 4 is 6.47 Å². The summed E-state index contributed by atoms with van der Waals surface area (Å²) in [6, 6.07) is 15.0. The molecule has 10 heteroatoms. The molecule has 3 aromatic rings. The number of benzene rings is 3. The molecule has 0 bridgehead atoms. The summed E-state index contributed by atoms with van der Waals surface area (Å²) in [4.78, 5) is 10.4. The Bertz CT molecular complexity index is 1490. The van der Waals surface area contributed by atoms with E-state index >= 15 is 0 Å². The molecule has 0 fully saturated rings. The van der Waals surface area contributed by atoms with E-state index < -0.39 is 29.2 Å². The van der Waals surface area contributed by atoms with Crippen molar-refractivity contribution in [2.45, 2.75) is 70.5 Å². The zero-order valence-corrected chi connectivity index (χ0v) is 23.3. The number of alkyl halides is 6. The Morgan fingerprint density at radius 2 is 1.40 bits per heavy atom. The van der Waals surface area contributed by atoms with E-state index in [1.54, 1.807) is 24.3 Å². The lowest BCUT2D eigenvalue weighted by Gasteiger charge is -2.34. The minimum absolute atomic E-state index is 0.0812. The second-order valence-corrected chi connectivity index (χ2v) is 10.0. The van der Waals surface area contributed by atoms with E-state index in [1.165, 1.54) is 19.1 Å². The molecule has 3 rings (SSSR count). The maximum Gasteiger partial charge on any atom is 0.438 e. The number of ether oxygens (including phenoxy) is 1. The molecule has 3 aromatic carbocycles. The lowest BCUT2D eigenvalue weighted by molar-refractivity contribution is -0.343. The Morgan fingerprint density at radius 3 is 1.88 bits per heavy atom. The number of hydrogen-bond acceptors (Lipinski definition) is 3. The molecule has 0 aliphatic carbocycles. The molecule has 224 valence electrons.